The topological polar surface area (TPSA) is 99.2 Å². The minimum atomic E-state index is -0.188. The molecule has 3 aromatic rings. The second kappa shape index (κ2) is 6.57. The van der Waals surface area contributed by atoms with Crippen molar-refractivity contribution in [3.8, 4) is 17.3 Å². The van der Waals surface area contributed by atoms with Gasteiger partial charge in [-0.25, -0.2) is 4.98 Å². The largest absolute Gasteiger partial charge is 0.460 e. The van der Waals surface area contributed by atoms with Gasteiger partial charge in [-0.1, -0.05) is 0 Å². The number of hydrogen-bond donors (Lipinski definition) is 1. The monoisotopic (exact) mass is 383 g/mol. The summed E-state index contributed by atoms with van der Waals surface area (Å²) >= 11 is 0. The zero-order valence-corrected chi connectivity index (χ0v) is 16.8. The molecule has 0 aliphatic carbocycles. The van der Waals surface area contributed by atoms with E-state index in [0.717, 1.165) is 11.3 Å². The highest BCUT2D eigenvalue weighted by Gasteiger charge is 2.29. The van der Waals surface area contributed by atoms with Gasteiger partial charge < -0.3 is 10.1 Å². The van der Waals surface area contributed by atoms with Crippen molar-refractivity contribution in [3.63, 3.8) is 0 Å². The van der Waals surface area contributed by atoms with Crippen LogP contribution in [0.25, 0.3) is 16.9 Å². The summed E-state index contributed by atoms with van der Waals surface area (Å²) in [4.78, 5) is 20.7. The molecule has 2 unspecified atom stereocenters. The smallest absolute Gasteiger partial charge is 0.320 e. The first-order valence-electron chi connectivity index (χ1n) is 9.44. The van der Waals surface area contributed by atoms with Crippen LogP contribution in [0.1, 0.15) is 39.9 Å². The average Bonchev–Trinajstić information content (AvgIpc) is 3.32. The summed E-state index contributed by atoms with van der Waals surface area (Å²) in [5.41, 5.74) is 2.14. The van der Waals surface area contributed by atoms with E-state index in [1.165, 1.54) is 0 Å². The van der Waals surface area contributed by atoms with Crippen molar-refractivity contribution in [2.24, 2.45) is 5.92 Å². The molecule has 1 N–H and O–H groups in total. The van der Waals surface area contributed by atoms with Gasteiger partial charge in [0, 0.05) is 36.7 Å². The van der Waals surface area contributed by atoms with Gasteiger partial charge in [0.05, 0.1) is 17.4 Å². The van der Waals surface area contributed by atoms with Crippen LogP contribution in [0.5, 0.6) is 6.01 Å². The molecule has 3 aromatic heterocycles. The highest BCUT2D eigenvalue weighted by Crippen LogP contribution is 2.26. The third kappa shape index (κ3) is 3.44. The Morgan fingerprint density at radius 3 is 2.75 bits per heavy atom. The number of ether oxygens (including phenoxy) is 1. The van der Waals surface area contributed by atoms with Gasteiger partial charge >= 0.3 is 6.01 Å². The first-order valence-corrected chi connectivity index (χ1v) is 9.44. The fourth-order valence-electron chi connectivity index (χ4n) is 3.24. The molecule has 0 saturated carbocycles. The van der Waals surface area contributed by atoms with Gasteiger partial charge in [0.1, 0.15) is 11.9 Å². The Bertz CT molecular complexity index is 1030. The molecule has 0 bridgehead atoms. The van der Waals surface area contributed by atoms with Crippen molar-refractivity contribution in [2.45, 2.75) is 52.7 Å². The molecule has 1 amide bonds. The lowest BCUT2D eigenvalue weighted by Gasteiger charge is -2.19. The molecule has 1 aliphatic heterocycles. The number of amides is 1. The summed E-state index contributed by atoms with van der Waals surface area (Å²) in [5, 5.41) is 11.7. The molecule has 0 aromatic carbocycles. The zero-order chi connectivity index (χ0) is 20.1. The third-order valence-electron chi connectivity index (χ3n) is 4.93. The van der Waals surface area contributed by atoms with Gasteiger partial charge in [-0.3, -0.25) is 9.48 Å². The number of carbonyl (C=O) groups is 1. The maximum absolute atomic E-state index is 11.5. The number of nitrogens with one attached hydrogen (secondary N) is 1. The van der Waals surface area contributed by atoms with Gasteiger partial charge in [0.25, 0.3) is 0 Å². The van der Waals surface area contributed by atoms with E-state index >= 15 is 0 Å². The van der Waals surface area contributed by atoms with E-state index in [9.17, 15) is 4.79 Å². The molecular weight excluding hydrogens is 358 g/mol. The van der Waals surface area contributed by atoms with Crippen LogP contribution < -0.4 is 10.1 Å². The van der Waals surface area contributed by atoms with Crippen molar-refractivity contribution in [2.75, 3.05) is 6.54 Å². The predicted molar refractivity (Wildman–Crippen MR) is 103 cm³/mol. The molecule has 9 nitrogen and oxygen atoms in total. The standard InChI is InChI=1S/C19H25N7O2/c1-11(13-6-17(27)20-8-13)28-18-23-15(7-16-22-12(2)24-26(16)18)14-9-21-25(10-14)19(3,4)5/h7,9-11,13H,6,8H2,1-5H3,(H,20,27). The molecule has 1 saturated heterocycles. The maximum Gasteiger partial charge on any atom is 0.320 e. The van der Waals surface area contributed by atoms with E-state index in [-0.39, 0.29) is 23.5 Å². The van der Waals surface area contributed by atoms with Crippen molar-refractivity contribution in [1.82, 2.24) is 34.7 Å². The second-order valence-electron chi connectivity index (χ2n) is 8.29. The summed E-state index contributed by atoms with van der Waals surface area (Å²) in [7, 11) is 0. The van der Waals surface area contributed by atoms with E-state index in [0.29, 0.717) is 30.4 Å². The van der Waals surface area contributed by atoms with Crippen LogP contribution in [0.3, 0.4) is 0 Å². The molecule has 4 rings (SSSR count). The lowest BCUT2D eigenvalue weighted by atomic mass is 10.0. The maximum atomic E-state index is 11.5. The van der Waals surface area contributed by atoms with E-state index in [1.54, 1.807) is 10.7 Å². The Balaban J connectivity index is 1.71. The van der Waals surface area contributed by atoms with Crippen LogP contribution in [0, 0.1) is 12.8 Å². The number of nitrogens with zero attached hydrogens (tertiary/aromatic N) is 6. The fourth-order valence-corrected chi connectivity index (χ4v) is 3.24. The van der Waals surface area contributed by atoms with Gasteiger partial charge in [-0.15, -0.1) is 5.10 Å². The molecule has 1 fully saturated rings. The number of fused-ring (bicyclic) bond motifs is 1. The average molecular weight is 383 g/mol. The molecule has 148 valence electrons. The van der Waals surface area contributed by atoms with Crippen molar-refractivity contribution in [3.05, 3.63) is 24.3 Å². The molecule has 1 aliphatic rings. The van der Waals surface area contributed by atoms with E-state index < -0.39 is 0 Å². The molecule has 0 radical (unpaired) electrons. The number of aryl methyl sites for hydroxylation is 1. The van der Waals surface area contributed by atoms with Gasteiger partial charge in [0.15, 0.2) is 5.65 Å². The number of aromatic nitrogens is 6. The van der Waals surface area contributed by atoms with Crippen LogP contribution in [-0.4, -0.2) is 47.9 Å². The van der Waals surface area contributed by atoms with Crippen molar-refractivity contribution < 1.29 is 9.53 Å². The number of hydrogen-bond acceptors (Lipinski definition) is 6. The Hall–Kier alpha value is -2.97. The van der Waals surface area contributed by atoms with Crippen LogP contribution in [0.2, 0.25) is 0 Å². The molecule has 9 heteroatoms. The molecular formula is C19H25N7O2. The summed E-state index contributed by atoms with van der Waals surface area (Å²) in [6.07, 6.45) is 4.03. The Labute approximate surface area is 163 Å². The summed E-state index contributed by atoms with van der Waals surface area (Å²) in [5.74, 6) is 0.791. The lowest BCUT2D eigenvalue weighted by molar-refractivity contribution is -0.119. The second-order valence-corrected chi connectivity index (χ2v) is 8.29. The van der Waals surface area contributed by atoms with Crippen LogP contribution in [0.4, 0.5) is 0 Å². The molecule has 2 atom stereocenters. The SMILES string of the molecule is Cc1nc2cc(-c3cnn(C(C)(C)C)c3)nc(OC(C)C3CNC(=O)C3)n2n1. The number of carbonyl (C=O) groups excluding carboxylic acids is 1. The van der Waals surface area contributed by atoms with Gasteiger partial charge in [0.2, 0.25) is 5.91 Å². The minimum absolute atomic E-state index is 0.0542. The highest BCUT2D eigenvalue weighted by molar-refractivity contribution is 5.78. The van der Waals surface area contributed by atoms with Gasteiger partial charge in [-0.2, -0.15) is 14.6 Å². The van der Waals surface area contributed by atoms with E-state index in [2.05, 4.69) is 46.3 Å². The quantitative estimate of drug-likeness (QED) is 0.739. The molecule has 4 heterocycles. The van der Waals surface area contributed by atoms with Crippen LogP contribution >= 0.6 is 0 Å². The van der Waals surface area contributed by atoms with E-state index in [4.69, 9.17) is 4.74 Å². The lowest BCUT2D eigenvalue weighted by Crippen LogP contribution is -2.27. The van der Waals surface area contributed by atoms with Crippen molar-refractivity contribution in [1.29, 1.82) is 0 Å². The Morgan fingerprint density at radius 2 is 2.11 bits per heavy atom. The predicted octanol–water partition coefficient (Wildman–Crippen LogP) is 1.95. The minimum Gasteiger partial charge on any atom is -0.460 e. The number of rotatable bonds is 4. The highest BCUT2D eigenvalue weighted by atomic mass is 16.5. The summed E-state index contributed by atoms with van der Waals surface area (Å²) in [6.45, 7) is 10.7. The third-order valence-corrected chi connectivity index (χ3v) is 4.93. The normalized spacial score (nSPS) is 18.5. The Kier molecular flexibility index (Phi) is 4.32. The zero-order valence-electron chi connectivity index (χ0n) is 16.8. The van der Waals surface area contributed by atoms with Crippen molar-refractivity contribution >= 4 is 11.6 Å². The fraction of sp³-hybridized carbons (Fsp3) is 0.526. The molecule has 0 spiro atoms. The summed E-state index contributed by atoms with van der Waals surface area (Å²) < 4.78 is 9.65. The van der Waals surface area contributed by atoms with Gasteiger partial charge in [-0.05, 0) is 34.6 Å². The van der Waals surface area contributed by atoms with Crippen LogP contribution in [0.15, 0.2) is 18.5 Å². The Morgan fingerprint density at radius 1 is 1.32 bits per heavy atom. The first kappa shape index (κ1) is 18.4. The summed E-state index contributed by atoms with van der Waals surface area (Å²) in [6, 6.07) is 2.24. The van der Waals surface area contributed by atoms with E-state index in [1.807, 2.05) is 30.8 Å². The van der Waals surface area contributed by atoms with Crippen LogP contribution in [-0.2, 0) is 10.3 Å². The first-order chi connectivity index (χ1) is 13.2. The molecule has 28 heavy (non-hydrogen) atoms.